The van der Waals surface area contributed by atoms with Crippen LogP contribution in [0.1, 0.15) is 19.3 Å². The zero-order valence-electron chi connectivity index (χ0n) is 9.92. The van der Waals surface area contributed by atoms with Gasteiger partial charge in [-0.05, 0) is 53.5 Å². The van der Waals surface area contributed by atoms with Crippen LogP contribution >= 0.6 is 0 Å². The van der Waals surface area contributed by atoms with Crippen LogP contribution in [-0.4, -0.2) is 63.2 Å². The third kappa shape index (κ3) is 4.40. The van der Waals surface area contributed by atoms with Crippen LogP contribution in [-0.2, 0) is 0 Å². The van der Waals surface area contributed by atoms with Gasteiger partial charge in [0, 0.05) is 19.1 Å². The molecule has 0 aromatic carbocycles. The zero-order valence-corrected chi connectivity index (χ0v) is 9.92. The van der Waals surface area contributed by atoms with Crippen molar-refractivity contribution in [2.75, 3.05) is 47.3 Å². The lowest BCUT2D eigenvalue weighted by Crippen LogP contribution is -2.37. The van der Waals surface area contributed by atoms with Crippen LogP contribution in [0, 0.1) is 0 Å². The van der Waals surface area contributed by atoms with E-state index in [0.717, 1.165) is 6.04 Å². The van der Waals surface area contributed by atoms with Crippen LogP contribution in [0.25, 0.3) is 0 Å². The van der Waals surface area contributed by atoms with E-state index in [2.05, 4.69) is 36.3 Å². The highest BCUT2D eigenvalue weighted by atomic mass is 15.2. The van der Waals surface area contributed by atoms with Crippen molar-refractivity contribution in [1.29, 1.82) is 0 Å². The summed E-state index contributed by atoms with van der Waals surface area (Å²) in [4.78, 5) is 4.78. The van der Waals surface area contributed by atoms with Crippen LogP contribution in [0.3, 0.4) is 0 Å². The third-order valence-electron chi connectivity index (χ3n) is 3.07. The second kappa shape index (κ2) is 6.38. The molecule has 1 heterocycles. The molecule has 0 spiro atoms. The standard InChI is InChI=1S/C11H25N3/c1-13(2)9-10-14(3)11-5-4-7-12-8-6-11/h11-12H,4-10H2,1-3H3. The molecule has 0 amide bonds. The van der Waals surface area contributed by atoms with Gasteiger partial charge in [0.05, 0.1) is 0 Å². The molecule has 1 aliphatic heterocycles. The molecule has 1 unspecified atom stereocenters. The Bertz CT molecular complexity index is 139. The summed E-state index contributed by atoms with van der Waals surface area (Å²) in [5, 5.41) is 3.46. The topological polar surface area (TPSA) is 18.5 Å². The van der Waals surface area contributed by atoms with E-state index in [9.17, 15) is 0 Å². The normalized spacial score (nSPS) is 24.2. The summed E-state index contributed by atoms with van der Waals surface area (Å²) in [6.45, 7) is 4.76. The van der Waals surface area contributed by atoms with Crippen LogP contribution in [0.4, 0.5) is 0 Å². The summed E-state index contributed by atoms with van der Waals surface area (Å²) in [7, 11) is 6.55. The minimum absolute atomic E-state index is 0.796. The summed E-state index contributed by atoms with van der Waals surface area (Å²) >= 11 is 0. The predicted molar refractivity (Wildman–Crippen MR) is 61.7 cm³/mol. The first-order valence-electron chi connectivity index (χ1n) is 5.76. The molecule has 3 heteroatoms. The van der Waals surface area contributed by atoms with Crippen molar-refractivity contribution in [2.45, 2.75) is 25.3 Å². The van der Waals surface area contributed by atoms with E-state index >= 15 is 0 Å². The Balaban J connectivity index is 2.23. The van der Waals surface area contributed by atoms with E-state index in [4.69, 9.17) is 0 Å². The van der Waals surface area contributed by atoms with Crippen LogP contribution in [0.2, 0.25) is 0 Å². The Hall–Kier alpha value is -0.120. The van der Waals surface area contributed by atoms with Crippen molar-refractivity contribution in [3.05, 3.63) is 0 Å². The van der Waals surface area contributed by atoms with Gasteiger partial charge in [0.1, 0.15) is 0 Å². The first kappa shape index (κ1) is 12.0. The molecule has 1 N–H and O–H groups in total. The smallest absolute Gasteiger partial charge is 0.0109 e. The van der Waals surface area contributed by atoms with Crippen molar-refractivity contribution in [1.82, 2.24) is 15.1 Å². The van der Waals surface area contributed by atoms with Crippen LogP contribution in [0.5, 0.6) is 0 Å². The highest BCUT2D eigenvalue weighted by Crippen LogP contribution is 2.11. The van der Waals surface area contributed by atoms with E-state index < -0.39 is 0 Å². The van der Waals surface area contributed by atoms with Gasteiger partial charge in [0.2, 0.25) is 0 Å². The van der Waals surface area contributed by atoms with E-state index in [1.54, 1.807) is 0 Å². The van der Waals surface area contributed by atoms with E-state index in [1.807, 2.05) is 0 Å². The highest BCUT2D eigenvalue weighted by Gasteiger charge is 2.15. The number of likely N-dealkylation sites (N-methyl/N-ethyl adjacent to an activating group) is 2. The Kier molecular flexibility index (Phi) is 5.45. The maximum atomic E-state index is 3.46. The molecule has 1 atom stereocenters. The molecule has 1 saturated heterocycles. The second-order valence-corrected chi connectivity index (χ2v) is 4.62. The average Bonchev–Trinajstić information content (AvgIpc) is 2.42. The molecule has 0 saturated carbocycles. The van der Waals surface area contributed by atoms with Crippen molar-refractivity contribution >= 4 is 0 Å². The Labute approximate surface area is 88.5 Å². The highest BCUT2D eigenvalue weighted by molar-refractivity contribution is 4.74. The maximum Gasteiger partial charge on any atom is 0.0109 e. The molecular weight excluding hydrogens is 174 g/mol. The zero-order chi connectivity index (χ0) is 10.4. The van der Waals surface area contributed by atoms with Gasteiger partial charge in [-0.25, -0.2) is 0 Å². The Morgan fingerprint density at radius 1 is 1.07 bits per heavy atom. The molecule has 0 aliphatic carbocycles. The number of hydrogen-bond donors (Lipinski definition) is 1. The number of nitrogens with zero attached hydrogens (tertiary/aromatic N) is 2. The fraction of sp³-hybridized carbons (Fsp3) is 1.00. The molecule has 14 heavy (non-hydrogen) atoms. The van der Waals surface area contributed by atoms with Gasteiger partial charge in [-0.15, -0.1) is 0 Å². The molecular formula is C11H25N3. The molecule has 0 radical (unpaired) electrons. The van der Waals surface area contributed by atoms with Gasteiger partial charge in [-0.3, -0.25) is 0 Å². The fourth-order valence-corrected chi connectivity index (χ4v) is 1.98. The number of rotatable bonds is 4. The molecule has 1 fully saturated rings. The molecule has 1 aliphatic rings. The largest absolute Gasteiger partial charge is 0.317 e. The number of nitrogens with one attached hydrogen (secondary N) is 1. The first-order chi connectivity index (χ1) is 6.70. The summed E-state index contributed by atoms with van der Waals surface area (Å²) in [5.41, 5.74) is 0. The number of hydrogen-bond acceptors (Lipinski definition) is 3. The lowest BCUT2D eigenvalue weighted by molar-refractivity contribution is 0.203. The lowest BCUT2D eigenvalue weighted by atomic mass is 10.1. The van der Waals surface area contributed by atoms with Crippen molar-refractivity contribution < 1.29 is 0 Å². The minimum atomic E-state index is 0.796. The Morgan fingerprint density at radius 3 is 2.57 bits per heavy atom. The molecule has 1 rings (SSSR count). The molecule has 3 nitrogen and oxygen atoms in total. The second-order valence-electron chi connectivity index (χ2n) is 4.62. The van der Waals surface area contributed by atoms with E-state index in [1.165, 1.54) is 45.4 Å². The third-order valence-corrected chi connectivity index (χ3v) is 3.07. The van der Waals surface area contributed by atoms with Gasteiger partial charge in [0.25, 0.3) is 0 Å². The summed E-state index contributed by atoms with van der Waals surface area (Å²) in [6.07, 6.45) is 4.00. The molecule has 0 aromatic rings. The van der Waals surface area contributed by atoms with Crippen LogP contribution in [0.15, 0.2) is 0 Å². The van der Waals surface area contributed by atoms with Crippen molar-refractivity contribution in [2.24, 2.45) is 0 Å². The SMILES string of the molecule is CN(C)CCN(C)C1CCCNCC1. The van der Waals surface area contributed by atoms with Crippen LogP contribution < -0.4 is 5.32 Å². The fourth-order valence-electron chi connectivity index (χ4n) is 1.98. The summed E-state index contributed by atoms with van der Waals surface area (Å²) < 4.78 is 0. The van der Waals surface area contributed by atoms with Crippen molar-refractivity contribution in [3.8, 4) is 0 Å². The van der Waals surface area contributed by atoms with Crippen molar-refractivity contribution in [3.63, 3.8) is 0 Å². The van der Waals surface area contributed by atoms with Gasteiger partial charge in [-0.2, -0.15) is 0 Å². The lowest BCUT2D eigenvalue weighted by Gasteiger charge is -2.27. The summed E-state index contributed by atoms with van der Waals surface area (Å²) in [6, 6.07) is 0.796. The predicted octanol–water partition coefficient (Wildman–Crippen LogP) is 0.622. The van der Waals surface area contributed by atoms with E-state index in [0.29, 0.717) is 0 Å². The van der Waals surface area contributed by atoms with Gasteiger partial charge < -0.3 is 15.1 Å². The van der Waals surface area contributed by atoms with Gasteiger partial charge >= 0.3 is 0 Å². The quantitative estimate of drug-likeness (QED) is 0.716. The van der Waals surface area contributed by atoms with Gasteiger partial charge in [0.15, 0.2) is 0 Å². The van der Waals surface area contributed by atoms with Gasteiger partial charge in [-0.1, -0.05) is 0 Å². The molecule has 0 bridgehead atoms. The average molecular weight is 199 g/mol. The minimum Gasteiger partial charge on any atom is -0.317 e. The summed E-state index contributed by atoms with van der Waals surface area (Å²) in [5.74, 6) is 0. The molecule has 0 aromatic heterocycles. The van der Waals surface area contributed by atoms with E-state index in [-0.39, 0.29) is 0 Å². The monoisotopic (exact) mass is 199 g/mol. The molecule has 84 valence electrons. The first-order valence-corrected chi connectivity index (χ1v) is 5.76. The Morgan fingerprint density at radius 2 is 1.86 bits per heavy atom. The maximum absolute atomic E-state index is 3.46.